The zero-order chi connectivity index (χ0) is 43.6. The van der Waals surface area contributed by atoms with E-state index in [-0.39, 0.29) is 52.1 Å². The van der Waals surface area contributed by atoms with E-state index < -0.39 is 0 Å². The van der Waals surface area contributed by atoms with Gasteiger partial charge in [0.05, 0.1) is 47.5 Å². The summed E-state index contributed by atoms with van der Waals surface area (Å²) in [5.41, 5.74) is 4.80. The van der Waals surface area contributed by atoms with Gasteiger partial charge in [-0.2, -0.15) is 0 Å². The van der Waals surface area contributed by atoms with Gasteiger partial charge in [-0.05, 0) is 81.2 Å². The van der Waals surface area contributed by atoms with Gasteiger partial charge in [0.25, 0.3) is 0 Å². The number of hydrogen-bond acceptors (Lipinski definition) is 10. The minimum absolute atomic E-state index is 0. The molecule has 1 aliphatic heterocycles. The number of ether oxygens (including phenoxy) is 1. The number of carbonyl (C=O) groups excluding carboxylic acids is 1. The molecular formula is C50H63BBrO10Sg2. The molecule has 1 radical (unpaired) electrons. The Kier molecular flexibility index (Phi) is 34.3. The Morgan fingerprint density at radius 1 is 0.594 bits per heavy atom. The third-order valence-electron chi connectivity index (χ3n) is 7.83. The van der Waals surface area contributed by atoms with Crippen LogP contribution in [0.5, 0.6) is 11.5 Å². The maximum absolute atomic E-state index is 12.4. The van der Waals surface area contributed by atoms with Crippen molar-refractivity contribution in [2.24, 2.45) is 0 Å². The van der Waals surface area contributed by atoms with Crippen LogP contribution in [0.3, 0.4) is 0 Å². The van der Waals surface area contributed by atoms with Gasteiger partial charge in [0.15, 0.2) is 11.2 Å². The summed E-state index contributed by atoms with van der Waals surface area (Å²) in [4.78, 5) is 35.0. The number of Topliss-reactive ketones (excluding diaryl/α,β-unsaturated/α-hetero) is 1. The number of hydrogen-bond donors (Lipinski definition) is 3. The van der Waals surface area contributed by atoms with Crippen molar-refractivity contribution in [3.63, 3.8) is 0 Å². The first-order valence-corrected chi connectivity index (χ1v) is 20.1. The monoisotopic (exact) mass is 1460 g/mol. The molecule has 1 aliphatic rings. The first-order valence-electron chi connectivity index (χ1n) is 19.3. The van der Waals surface area contributed by atoms with Gasteiger partial charge in [-0.25, -0.2) is 0 Å². The summed E-state index contributed by atoms with van der Waals surface area (Å²) in [6.07, 6.45) is 3.40. The molecule has 5 aromatic carbocycles. The Balaban J connectivity index is -0.000000360. The summed E-state index contributed by atoms with van der Waals surface area (Å²) in [5.74, 6) is 1.46. The largest absolute Gasteiger partial charge is 0.569 e. The van der Waals surface area contributed by atoms with Crippen molar-refractivity contribution in [1.82, 2.24) is 0 Å². The van der Waals surface area contributed by atoms with Gasteiger partial charge in [-0.15, -0.1) is 0 Å². The van der Waals surface area contributed by atoms with Crippen LogP contribution in [0.1, 0.15) is 91.7 Å². The van der Waals surface area contributed by atoms with Crippen LogP contribution in [0.25, 0.3) is 33.1 Å². The van der Waals surface area contributed by atoms with Crippen LogP contribution in [-0.2, 0) is 13.2 Å². The fraction of sp³-hybridized carbons (Fsp3) is 0.260. The number of ketones is 1. The first kappa shape index (κ1) is 62.9. The fourth-order valence-electron chi connectivity index (χ4n) is 5.07. The quantitative estimate of drug-likeness (QED) is 0.142. The molecule has 3 heterocycles. The molecule has 0 saturated heterocycles. The van der Waals surface area contributed by atoms with Crippen molar-refractivity contribution in [3.8, 4) is 22.6 Å². The second-order valence-electron chi connectivity index (χ2n) is 11.3. The first-order chi connectivity index (χ1) is 28.8. The van der Waals surface area contributed by atoms with Crippen molar-refractivity contribution in [3.05, 3.63) is 175 Å². The van der Waals surface area contributed by atoms with Gasteiger partial charge in [0.1, 0.15) is 33.9 Å². The maximum atomic E-state index is 12.4. The SMILES string of the molecule is C.C.C.CC.CC.CC.O=C1CCOc2ccccc21.O=c1c(-c2ccc(CO)cc2)coc2ccccc12.O=c1c(Br)coc2ccccc12.O[B]Oc1ccc(CO)cc1.[Sg].[Sg]. The van der Waals surface area contributed by atoms with Crippen LogP contribution in [0.2, 0.25) is 0 Å². The van der Waals surface area contributed by atoms with Crippen LogP contribution >= 0.6 is 15.9 Å². The molecule has 10 nitrogen and oxygen atoms in total. The van der Waals surface area contributed by atoms with Crippen LogP contribution < -0.4 is 20.2 Å². The van der Waals surface area contributed by atoms with E-state index in [0.717, 1.165) is 28.0 Å². The minimum atomic E-state index is -0.0430. The molecule has 0 aliphatic carbocycles. The molecule has 8 rings (SSSR count). The molecule has 64 heavy (non-hydrogen) atoms. The fourth-order valence-corrected chi connectivity index (χ4v) is 5.37. The molecule has 0 spiro atoms. The maximum Gasteiger partial charge on any atom is 0.569 e. The van der Waals surface area contributed by atoms with E-state index in [1.165, 1.54) is 12.5 Å². The molecule has 0 saturated carbocycles. The predicted octanol–water partition coefficient (Wildman–Crippen LogP) is 12.2. The smallest absolute Gasteiger partial charge is 0.537 e. The van der Waals surface area contributed by atoms with Gasteiger partial charge in [0.2, 0.25) is 5.43 Å². The number of carbonyl (C=O) groups is 1. The van der Waals surface area contributed by atoms with Gasteiger partial charge in [0, 0.05) is 6.42 Å². The van der Waals surface area contributed by atoms with Crippen molar-refractivity contribution >= 4 is 51.3 Å². The second kappa shape index (κ2) is 34.9. The van der Waals surface area contributed by atoms with E-state index >= 15 is 0 Å². The van der Waals surface area contributed by atoms with Crippen molar-refractivity contribution in [1.29, 1.82) is 0 Å². The van der Waals surface area contributed by atoms with E-state index in [9.17, 15) is 14.4 Å². The van der Waals surface area contributed by atoms with Gasteiger partial charge in [-0.3, -0.25) is 14.4 Å². The molecule has 0 atom stereocenters. The number of aliphatic hydroxyl groups is 2. The Bertz CT molecular complexity index is 2410. The van der Waals surface area contributed by atoms with E-state index in [1.807, 2.05) is 96.1 Å². The minimum Gasteiger partial charge on any atom is -0.537 e. The molecule has 7 aromatic rings. The normalized spacial score (nSPS) is 9.69. The molecule has 0 amide bonds. The molecule has 2 aromatic heterocycles. The van der Waals surface area contributed by atoms with Gasteiger partial charge in [-0.1, -0.05) is 137 Å². The summed E-state index contributed by atoms with van der Waals surface area (Å²) in [5, 5.41) is 27.1. The van der Waals surface area contributed by atoms with E-state index in [1.54, 1.807) is 66.7 Å². The van der Waals surface area contributed by atoms with E-state index in [4.69, 9.17) is 28.8 Å². The predicted molar refractivity (Wildman–Crippen MR) is 260 cm³/mol. The Morgan fingerprint density at radius 3 is 1.55 bits per heavy atom. The van der Waals surface area contributed by atoms with E-state index in [0.29, 0.717) is 58.4 Å². The molecule has 14 heteroatoms. The zero-order valence-corrected chi connectivity index (χ0v) is 50.1. The topological polar surface area (TPSA) is 157 Å². The summed E-state index contributed by atoms with van der Waals surface area (Å²) in [7, 11) is 0.619. The number of rotatable bonds is 5. The third kappa shape index (κ3) is 18.1. The summed E-state index contributed by atoms with van der Waals surface area (Å²) in [6, 6.07) is 35.7. The molecule has 337 valence electrons. The van der Waals surface area contributed by atoms with Crippen molar-refractivity contribution in [2.45, 2.75) is 83.5 Å². The third-order valence-corrected chi connectivity index (χ3v) is 8.38. The number of aliphatic hydroxyl groups excluding tert-OH is 2. The van der Waals surface area contributed by atoms with Crippen LogP contribution in [-0.4, -0.2) is 35.3 Å². The van der Waals surface area contributed by atoms with Gasteiger partial charge < -0.3 is 33.5 Å². The molecule has 0 fully saturated rings. The summed E-state index contributed by atoms with van der Waals surface area (Å²) >= 11 is 3.11. The van der Waals surface area contributed by atoms with Crippen LogP contribution in [0.4, 0.5) is 0 Å². The van der Waals surface area contributed by atoms with Crippen molar-refractivity contribution in [2.75, 3.05) is 6.61 Å². The Labute approximate surface area is 376 Å². The molecular weight excluding hydrogens is 1390 g/mol. The van der Waals surface area contributed by atoms with Crippen LogP contribution in [0, 0.1) is 0 Å². The summed E-state index contributed by atoms with van der Waals surface area (Å²) in [6.45, 7) is 12.5. The Hall–Kier alpha value is -7.79. The molecule has 0 bridgehead atoms. The zero-order valence-electron chi connectivity index (χ0n) is 35.6. The van der Waals surface area contributed by atoms with E-state index in [2.05, 4.69) is 20.6 Å². The molecule has 3 N–H and O–H groups in total. The Morgan fingerprint density at radius 2 is 1.05 bits per heavy atom. The number of halogens is 1. The average molecular weight is 1450 g/mol. The average Bonchev–Trinajstić information content (AvgIpc) is 3.31. The second-order valence-corrected chi connectivity index (χ2v) is 12.1. The van der Waals surface area contributed by atoms with Crippen molar-refractivity contribution < 1.29 is 38.3 Å². The number of para-hydroxylation sites is 3. The van der Waals surface area contributed by atoms with Gasteiger partial charge >= 0.3 is 7.69 Å². The number of fused-ring (bicyclic) bond motifs is 3. The summed E-state index contributed by atoms with van der Waals surface area (Å²) < 4.78 is 21.0. The standard InChI is InChI=1S/C16H12O3.C9H5BrO2.C9H8O2.C7H8BO3.3C2H6.3CH4.2Sg/c17-9-11-5-7-12(8-6-11)14-10-19-15-4-2-1-3-13(15)16(14)18;10-7-5-12-8-4-2-1-3-6(8)9(7)11;10-8-5-6-11-9-4-2-1-3-7(8)9;9-5-6-1-3-7(4-2-6)11-8-10;3*1-2;;;;;/h1-8,10,17H,9H2;1-5H;1-4H,5-6H2;1-4,9-10H,5H2;3*1-2H3;3*1H4;;. The molecule has 0 unspecified atom stereocenters. The number of benzene rings is 5. The van der Waals surface area contributed by atoms with Crippen LogP contribution in [0.15, 0.2) is 157 Å².